The molecule has 1 aromatic rings. The molecule has 0 aliphatic carbocycles. The van der Waals surface area contributed by atoms with Crippen LogP contribution in [0.4, 0.5) is 5.69 Å². The van der Waals surface area contributed by atoms with Crippen molar-refractivity contribution in [2.45, 2.75) is 24.3 Å². The number of rotatable bonds is 6. The predicted octanol–water partition coefficient (Wildman–Crippen LogP) is 1.47. The standard InChI is InChI=1S/C11H17BrN2O3S2/c1-8(5-6-18(2)15)14-19(16,17)11-7-9(12)3-4-10(11)13/h3-4,7-8,14H,5-6,13H2,1-2H3. The van der Waals surface area contributed by atoms with E-state index in [-0.39, 0.29) is 16.6 Å². The van der Waals surface area contributed by atoms with Gasteiger partial charge >= 0.3 is 0 Å². The number of nitrogens with one attached hydrogen (secondary N) is 1. The number of hydrogen-bond donors (Lipinski definition) is 2. The lowest BCUT2D eigenvalue weighted by molar-refractivity contribution is 0.556. The maximum atomic E-state index is 12.2. The Labute approximate surface area is 124 Å². The van der Waals surface area contributed by atoms with Gasteiger partial charge in [-0.1, -0.05) is 15.9 Å². The Balaban J connectivity index is 2.86. The van der Waals surface area contributed by atoms with Gasteiger partial charge < -0.3 is 5.73 Å². The third-order valence-electron chi connectivity index (χ3n) is 2.46. The van der Waals surface area contributed by atoms with E-state index in [0.717, 1.165) is 0 Å². The summed E-state index contributed by atoms with van der Waals surface area (Å²) in [4.78, 5) is 0.0475. The number of sulfonamides is 1. The summed E-state index contributed by atoms with van der Waals surface area (Å²) in [5, 5.41) is 0. The molecule has 0 spiro atoms. The van der Waals surface area contributed by atoms with Crippen LogP contribution in [0.2, 0.25) is 0 Å². The van der Waals surface area contributed by atoms with Gasteiger partial charge in [-0.2, -0.15) is 0 Å². The zero-order valence-corrected chi connectivity index (χ0v) is 13.9. The average molecular weight is 369 g/mol. The number of hydrogen-bond acceptors (Lipinski definition) is 4. The number of benzene rings is 1. The van der Waals surface area contributed by atoms with E-state index in [1.54, 1.807) is 19.2 Å². The highest BCUT2D eigenvalue weighted by atomic mass is 79.9. The molecule has 108 valence electrons. The Kier molecular flexibility index (Phi) is 5.97. The second kappa shape index (κ2) is 6.83. The van der Waals surface area contributed by atoms with Crippen LogP contribution < -0.4 is 10.5 Å². The first kappa shape index (κ1) is 16.6. The van der Waals surface area contributed by atoms with Gasteiger partial charge in [0.25, 0.3) is 0 Å². The quantitative estimate of drug-likeness (QED) is 0.743. The minimum atomic E-state index is -3.66. The third-order valence-corrected chi connectivity index (χ3v) is 5.41. The fourth-order valence-electron chi connectivity index (χ4n) is 1.47. The second-order valence-corrected chi connectivity index (χ2v) is 8.42. The number of nitrogens with two attached hydrogens (primary N) is 1. The van der Waals surface area contributed by atoms with Crippen LogP contribution in [-0.4, -0.2) is 30.7 Å². The molecule has 2 atom stereocenters. The van der Waals surface area contributed by atoms with Crippen molar-refractivity contribution in [1.29, 1.82) is 0 Å². The van der Waals surface area contributed by atoms with Crippen LogP contribution in [0.25, 0.3) is 0 Å². The van der Waals surface area contributed by atoms with Crippen LogP contribution in [0.5, 0.6) is 0 Å². The van der Waals surface area contributed by atoms with Crippen LogP contribution in [0.1, 0.15) is 13.3 Å². The minimum Gasteiger partial charge on any atom is -0.398 e. The first-order valence-corrected chi connectivity index (χ1v) is 9.60. The fourth-order valence-corrected chi connectivity index (χ4v) is 4.10. The molecular weight excluding hydrogens is 352 g/mol. The van der Waals surface area contributed by atoms with Gasteiger partial charge in [0.2, 0.25) is 10.0 Å². The predicted molar refractivity (Wildman–Crippen MR) is 81.9 cm³/mol. The van der Waals surface area contributed by atoms with Crippen molar-refractivity contribution in [2.75, 3.05) is 17.7 Å². The molecule has 1 aromatic carbocycles. The summed E-state index contributed by atoms with van der Waals surface area (Å²) in [7, 11) is -4.60. The first-order chi connectivity index (χ1) is 8.72. The van der Waals surface area contributed by atoms with E-state index in [1.165, 1.54) is 12.1 Å². The van der Waals surface area contributed by atoms with Gasteiger partial charge in [-0.3, -0.25) is 4.21 Å². The molecule has 2 unspecified atom stereocenters. The number of halogens is 1. The van der Waals surface area contributed by atoms with E-state index in [4.69, 9.17) is 5.73 Å². The summed E-state index contributed by atoms with van der Waals surface area (Å²) < 4.78 is 38.5. The molecular formula is C11H17BrN2O3S2. The highest BCUT2D eigenvalue weighted by Crippen LogP contribution is 2.23. The maximum Gasteiger partial charge on any atom is 0.242 e. The summed E-state index contributed by atoms with van der Waals surface area (Å²) in [5.74, 6) is 0.456. The maximum absolute atomic E-state index is 12.2. The van der Waals surface area contributed by atoms with Crippen LogP contribution >= 0.6 is 15.9 Å². The smallest absolute Gasteiger partial charge is 0.242 e. The van der Waals surface area contributed by atoms with Crippen molar-refractivity contribution in [1.82, 2.24) is 4.72 Å². The van der Waals surface area contributed by atoms with Crippen LogP contribution in [-0.2, 0) is 20.8 Å². The van der Waals surface area contributed by atoms with Gasteiger partial charge in [-0.15, -0.1) is 0 Å². The molecule has 3 N–H and O–H groups in total. The lowest BCUT2D eigenvalue weighted by Crippen LogP contribution is -2.34. The highest BCUT2D eigenvalue weighted by molar-refractivity contribution is 9.10. The summed E-state index contributed by atoms with van der Waals surface area (Å²) in [6, 6.07) is 4.37. The van der Waals surface area contributed by atoms with Gasteiger partial charge in [0.05, 0.1) is 5.69 Å². The van der Waals surface area contributed by atoms with Crippen molar-refractivity contribution < 1.29 is 12.6 Å². The monoisotopic (exact) mass is 368 g/mol. The third kappa shape index (κ3) is 5.21. The highest BCUT2D eigenvalue weighted by Gasteiger charge is 2.20. The van der Waals surface area contributed by atoms with Crippen molar-refractivity contribution in [3.05, 3.63) is 22.7 Å². The molecule has 0 fully saturated rings. The molecule has 0 heterocycles. The van der Waals surface area contributed by atoms with E-state index in [0.29, 0.717) is 16.6 Å². The van der Waals surface area contributed by atoms with E-state index in [9.17, 15) is 12.6 Å². The topological polar surface area (TPSA) is 89.3 Å². The molecule has 8 heteroatoms. The molecule has 0 aliphatic heterocycles. The van der Waals surface area contributed by atoms with Gasteiger partial charge in [0, 0.05) is 33.3 Å². The summed E-state index contributed by atoms with van der Waals surface area (Å²) in [6.45, 7) is 1.73. The van der Waals surface area contributed by atoms with Crippen molar-refractivity contribution in [3.8, 4) is 0 Å². The summed E-state index contributed by atoms with van der Waals surface area (Å²) >= 11 is 3.22. The zero-order chi connectivity index (χ0) is 14.6. The average Bonchev–Trinajstić information content (AvgIpc) is 2.29. The van der Waals surface area contributed by atoms with Crippen LogP contribution in [0.15, 0.2) is 27.6 Å². The molecule has 0 radical (unpaired) electrons. The first-order valence-electron chi connectivity index (χ1n) is 5.60. The Morgan fingerprint density at radius 2 is 2.11 bits per heavy atom. The van der Waals surface area contributed by atoms with Crippen molar-refractivity contribution in [3.63, 3.8) is 0 Å². The Hall–Kier alpha value is -0.440. The summed E-state index contributed by atoms with van der Waals surface area (Å²) in [5.41, 5.74) is 5.88. The van der Waals surface area contributed by atoms with Gasteiger partial charge in [-0.05, 0) is 31.5 Å². The molecule has 0 aromatic heterocycles. The molecule has 0 aliphatic rings. The molecule has 0 saturated heterocycles. The van der Waals surface area contributed by atoms with E-state index >= 15 is 0 Å². The Morgan fingerprint density at radius 3 is 2.68 bits per heavy atom. The van der Waals surface area contributed by atoms with Gasteiger partial charge in [0.1, 0.15) is 4.90 Å². The van der Waals surface area contributed by atoms with Crippen LogP contribution in [0.3, 0.4) is 0 Å². The van der Waals surface area contributed by atoms with Crippen molar-refractivity contribution in [2.24, 2.45) is 0 Å². The van der Waals surface area contributed by atoms with Crippen molar-refractivity contribution >= 4 is 42.4 Å². The zero-order valence-electron chi connectivity index (χ0n) is 10.7. The molecule has 0 saturated carbocycles. The van der Waals surface area contributed by atoms with Crippen LogP contribution in [0, 0.1) is 0 Å². The lowest BCUT2D eigenvalue weighted by Gasteiger charge is -2.15. The van der Waals surface area contributed by atoms with Gasteiger partial charge in [-0.25, -0.2) is 13.1 Å². The SMILES string of the molecule is CC(CCS(C)=O)NS(=O)(=O)c1cc(Br)ccc1N. The molecule has 19 heavy (non-hydrogen) atoms. The molecule has 0 bridgehead atoms. The molecule has 5 nitrogen and oxygen atoms in total. The van der Waals surface area contributed by atoms with E-state index < -0.39 is 20.8 Å². The summed E-state index contributed by atoms with van der Waals surface area (Å²) in [6.07, 6.45) is 2.10. The molecule has 1 rings (SSSR count). The molecule has 0 amide bonds. The fraction of sp³-hybridized carbons (Fsp3) is 0.455. The second-order valence-electron chi connectivity index (χ2n) is 4.27. The van der Waals surface area contributed by atoms with E-state index in [2.05, 4.69) is 20.7 Å². The largest absolute Gasteiger partial charge is 0.398 e. The normalized spacial score (nSPS) is 15.1. The Bertz CT molecular complexity index is 575. The minimum absolute atomic E-state index is 0.0475. The Morgan fingerprint density at radius 1 is 1.47 bits per heavy atom. The van der Waals surface area contributed by atoms with Gasteiger partial charge in [0.15, 0.2) is 0 Å². The lowest BCUT2D eigenvalue weighted by atomic mass is 10.3. The number of nitrogen functional groups attached to an aromatic ring is 1. The number of anilines is 1. The van der Waals surface area contributed by atoms with E-state index in [1.807, 2.05) is 0 Å².